The minimum Gasteiger partial charge on any atom is -0.394 e. The number of carbonyl (C=O) groups is 1. The molecular formula is C25H33ClN8O2. The van der Waals surface area contributed by atoms with E-state index in [9.17, 15) is 9.90 Å². The molecule has 3 aromatic rings. The van der Waals surface area contributed by atoms with Crippen molar-refractivity contribution in [2.24, 2.45) is 13.0 Å². The Labute approximate surface area is 216 Å². The second kappa shape index (κ2) is 11.2. The van der Waals surface area contributed by atoms with Crippen LogP contribution in [-0.2, 0) is 7.05 Å². The summed E-state index contributed by atoms with van der Waals surface area (Å²) in [6.07, 6.45) is 1.64. The van der Waals surface area contributed by atoms with Gasteiger partial charge in [0.25, 0.3) is 5.91 Å². The average Bonchev–Trinajstić information content (AvgIpc) is 3.25. The number of nitrogens with one attached hydrogen (secondary N) is 2. The number of aliphatic hydroxyl groups excluding tert-OH is 1. The second-order valence-electron chi connectivity index (χ2n) is 9.39. The summed E-state index contributed by atoms with van der Waals surface area (Å²) < 4.78 is 1.51. The highest BCUT2D eigenvalue weighted by Crippen LogP contribution is 2.30. The molecular weight excluding hydrogens is 480 g/mol. The number of piperazine rings is 1. The summed E-state index contributed by atoms with van der Waals surface area (Å²) in [7, 11) is 3.83. The van der Waals surface area contributed by atoms with E-state index < -0.39 is 0 Å². The highest BCUT2D eigenvalue weighted by molar-refractivity contribution is 6.33. The van der Waals surface area contributed by atoms with Gasteiger partial charge in [-0.25, -0.2) is 9.97 Å². The Kier molecular flexibility index (Phi) is 8.07. The van der Waals surface area contributed by atoms with Gasteiger partial charge in [-0.3, -0.25) is 9.48 Å². The molecule has 10 nitrogen and oxygen atoms in total. The van der Waals surface area contributed by atoms with Crippen molar-refractivity contribution in [2.45, 2.75) is 19.9 Å². The number of aromatic nitrogens is 4. The molecule has 36 heavy (non-hydrogen) atoms. The topological polar surface area (TPSA) is 111 Å². The lowest BCUT2D eigenvalue weighted by molar-refractivity contribution is 0.0887. The van der Waals surface area contributed by atoms with Crippen LogP contribution >= 0.6 is 11.6 Å². The third kappa shape index (κ3) is 5.95. The molecule has 1 atom stereocenters. The molecule has 1 amide bonds. The van der Waals surface area contributed by atoms with Gasteiger partial charge in [0, 0.05) is 45.1 Å². The number of carbonyl (C=O) groups excluding carboxylic acids is 1. The summed E-state index contributed by atoms with van der Waals surface area (Å²) in [6, 6.07) is 8.94. The van der Waals surface area contributed by atoms with Gasteiger partial charge >= 0.3 is 0 Å². The highest BCUT2D eigenvalue weighted by atomic mass is 35.5. The van der Waals surface area contributed by atoms with Gasteiger partial charge in [0.05, 0.1) is 29.1 Å². The van der Waals surface area contributed by atoms with Crippen molar-refractivity contribution in [1.29, 1.82) is 0 Å². The number of rotatable bonds is 8. The maximum atomic E-state index is 12.7. The Morgan fingerprint density at radius 1 is 1.11 bits per heavy atom. The normalized spacial score (nSPS) is 15.2. The Balaban J connectivity index is 1.48. The molecule has 2 aromatic heterocycles. The van der Waals surface area contributed by atoms with Crippen molar-refractivity contribution >= 4 is 34.8 Å². The first kappa shape index (κ1) is 25.9. The molecule has 1 aliphatic heterocycles. The zero-order valence-electron chi connectivity index (χ0n) is 21.1. The van der Waals surface area contributed by atoms with E-state index in [4.69, 9.17) is 11.6 Å². The van der Waals surface area contributed by atoms with Crippen molar-refractivity contribution in [2.75, 3.05) is 50.1 Å². The molecule has 0 bridgehead atoms. The van der Waals surface area contributed by atoms with Crippen LogP contribution in [-0.4, -0.2) is 81.5 Å². The predicted molar refractivity (Wildman–Crippen MR) is 142 cm³/mol. The van der Waals surface area contributed by atoms with Crippen LogP contribution in [0.2, 0.25) is 5.02 Å². The lowest BCUT2D eigenvalue weighted by Gasteiger charge is -2.34. The summed E-state index contributed by atoms with van der Waals surface area (Å²) in [5.74, 6) is 0.200. The SMILES string of the molecule is CC(C)C(CO)NC(=O)c1cc(-c2ccnc(Nc3ccc(N4CCN(C)CC4)c(Cl)c3)n2)nn1C. The molecule has 1 aromatic carbocycles. The summed E-state index contributed by atoms with van der Waals surface area (Å²) in [6.45, 7) is 7.65. The smallest absolute Gasteiger partial charge is 0.269 e. The minimum atomic E-state index is -0.333. The Morgan fingerprint density at radius 2 is 1.86 bits per heavy atom. The molecule has 3 heterocycles. The summed E-state index contributed by atoms with van der Waals surface area (Å²) >= 11 is 6.61. The van der Waals surface area contributed by atoms with Crippen LogP contribution in [0, 0.1) is 5.92 Å². The number of hydrogen-bond donors (Lipinski definition) is 3. The lowest BCUT2D eigenvalue weighted by atomic mass is 10.1. The predicted octanol–water partition coefficient (Wildman–Crippen LogP) is 2.77. The van der Waals surface area contributed by atoms with Gasteiger partial charge in [0.2, 0.25) is 5.95 Å². The number of anilines is 3. The fraction of sp³-hybridized carbons (Fsp3) is 0.440. The van der Waals surface area contributed by atoms with Crippen LogP contribution in [0.15, 0.2) is 36.5 Å². The van der Waals surface area contributed by atoms with E-state index in [-0.39, 0.29) is 24.5 Å². The van der Waals surface area contributed by atoms with E-state index in [0.29, 0.717) is 28.1 Å². The number of likely N-dealkylation sites (N-methyl/N-ethyl adjacent to an activating group) is 1. The number of halogens is 1. The van der Waals surface area contributed by atoms with Crippen LogP contribution in [0.5, 0.6) is 0 Å². The number of aliphatic hydroxyl groups is 1. The first-order chi connectivity index (χ1) is 17.2. The van der Waals surface area contributed by atoms with Crippen LogP contribution in [0.1, 0.15) is 24.3 Å². The van der Waals surface area contributed by atoms with Crippen molar-refractivity contribution in [3.63, 3.8) is 0 Å². The van der Waals surface area contributed by atoms with Crippen molar-refractivity contribution < 1.29 is 9.90 Å². The maximum Gasteiger partial charge on any atom is 0.269 e. The first-order valence-electron chi connectivity index (χ1n) is 12.0. The Bertz CT molecular complexity index is 1210. The molecule has 4 rings (SSSR count). The quantitative estimate of drug-likeness (QED) is 0.422. The summed E-state index contributed by atoms with van der Waals surface area (Å²) in [5.41, 5.74) is 3.29. The second-order valence-corrected chi connectivity index (χ2v) is 9.80. The number of benzene rings is 1. The first-order valence-corrected chi connectivity index (χ1v) is 12.4. The molecule has 1 saturated heterocycles. The zero-order valence-corrected chi connectivity index (χ0v) is 21.8. The molecule has 192 valence electrons. The molecule has 0 spiro atoms. The van der Waals surface area contributed by atoms with Crippen LogP contribution in [0.4, 0.5) is 17.3 Å². The molecule has 1 unspecified atom stereocenters. The van der Waals surface area contributed by atoms with Crippen molar-refractivity contribution in [3.8, 4) is 11.4 Å². The van der Waals surface area contributed by atoms with Gasteiger partial charge in [-0.05, 0) is 43.3 Å². The molecule has 1 aliphatic rings. The van der Waals surface area contributed by atoms with E-state index in [1.807, 2.05) is 32.0 Å². The lowest BCUT2D eigenvalue weighted by Crippen LogP contribution is -2.44. The van der Waals surface area contributed by atoms with E-state index in [1.54, 1.807) is 25.4 Å². The maximum absolute atomic E-state index is 12.7. The number of nitrogens with zero attached hydrogens (tertiary/aromatic N) is 6. The molecule has 1 fully saturated rings. The van der Waals surface area contributed by atoms with Crippen LogP contribution < -0.4 is 15.5 Å². The molecule has 11 heteroatoms. The zero-order chi connectivity index (χ0) is 25.8. The third-order valence-corrected chi connectivity index (χ3v) is 6.70. The number of aryl methyl sites for hydroxylation is 1. The van der Waals surface area contributed by atoms with Gasteiger partial charge in [-0.15, -0.1) is 0 Å². The molecule has 0 radical (unpaired) electrons. The van der Waals surface area contributed by atoms with Gasteiger partial charge in [0.15, 0.2) is 0 Å². The molecule has 0 aliphatic carbocycles. The Morgan fingerprint density at radius 3 is 2.53 bits per heavy atom. The van der Waals surface area contributed by atoms with E-state index in [1.165, 1.54) is 4.68 Å². The molecule has 0 saturated carbocycles. The van der Waals surface area contributed by atoms with Crippen molar-refractivity contribution in [1.82, 2.24) is 30.0 Å². The fourth-order valence-electron chi connectivity index (χ4n) is 4.05. The fourth-order valence-corrected chi connectivity index (χ4v) is 4.35. The standard InChI is InChI=1S/C25H33ClN8O2/c1-16(2)21(15-35)29-24(36)23-14-20(31-33(23)4)19-7-8-27-25(30-19)28-17-5-6-22(18(26)13-17)34-11-9-32(3)10-12-34/h5-8,13-14,16,21,35H,9-12,15H2,1-4H3,(H,29,36)(H,27,28,30). The van der Waals surface area contributed by atoms with Crippen LogP contribution in [0.3, 0.4) is 0 Å². The van der Waals surface area contributed by atoms with E-state index >= 15 is 0 Å². The van der Waals surface area contributed by atoms with Gasteiger partial charge in [-0.1, -0.05) is 25.4 Å². The summed E-state index contributed by atoms with van der Waals surface area (Å²) in [5, 5.41) is 20.7. The summed E-state index contributed by atoms with van der Waals surface area (Å²) in [4.78, 5) is 26.2. The van der Waals surface area contributed by atoms with Crippen molar-refractivity contribution in [3.05, 3.63) is 47.2 Å². The van der Waals surface area contributed by atoms with Gasteiger partial charge < -0.3 is 25.5 Å². The average molecular weight is 513 g/mol. The highest BCUT2D eigenvalue weighted by Gasteiger charge is 2.21. The van der Waals surface area contributed by atoms with Gasteiger partial charge in [0.1, 0.15) is 11.4 Å². The van der Waals surface area contributed by atoms with E-state index in [0.717, 1.165) is 37.6 Å². The molecule has 3 N–H and O–H groups in total. The van der Waals surface area contributed by atoms with E-state index in [2.05, 4.69) is 42.5 Å². The van der Waals surface area contributed by atoms with Gasteiger partial charge in [-0.2, -0.15) is 5.10 Å². The number of amides is 1. The Hall–Kier alpha value is -3.21. The number of hydrogen-bond acceptors (Lipinski definition) is 8. The minimum absolute atomic E-state index is 0.103. The largest absolute Gasteiger partial charge is 0.394 e. The third-order valence-electron chi connectivity index (χ3n) is 6.40. The monoisotopic (exact) mass is 512 g/mol. The van der Waals surface area contributed by atoms with Crippen LogP contribution in [0.25, 0.3) is 11.4 Å².